The number of halogens is 3. The first-order chi connectivity index (χ1) is 12.4. The number of benzene rings is 1. The van der Waals surface area contributed by atoms with E-state index in [0.29, 0.717) is 11.7 Å². The van der Waals surface area contributed by atoms with E-state index in [1.807, 2.05) is 0 Å². The number of rotatable bonds is 2. The molecule has 0 atom stereocenters. The molecule has 1 amide bonds. The van der Waals surface area contributed by atoms with Gasteiger partial charge in [0.1, 0.15) is 5.56 Å². The molecule has 1 aromatic heterocycles. The Morgan fingerprint density at radius 3 is 2.96 bits per heavy atom. The van der Waals surface area contributed by atoms with Crippen LogP contribution in [0, 0.1) is 11.8 Å². The fourth-order valence-corrected chi connectivity index (χ4v) is 3.23. The van der Waals surface area contributed by atoms with Crippen molar-refractivity contribution in [2.75, 3.05) is 12.3 Å². The van der Waals surface area contributed by atoms with E-state index in [2.05, 4.69) is 22.1 Å². The minimum absolute atomic E-state index is 0.0860. The highest BCUT2D eigenvalue weighted by molar-refractivity contribution is 7.99. The molecule has 1 N–H and O–H groups in total. The van der Waals surface area contributed by atoms with Crippen LogP contribution < -0.4 is 10.9 Å². The molecule has 0 bridgehead atoms. The maximum Gasteiger partial charge on any atom is 0.416 e. The molecule has 3 rings (SSSR count). The van der Waals surface area contributed by atoms with Crippen LogP contribution in [-0.4, -0.2) is 27.8 Å². The SMILES string of the molecule is O=C(NCC#Cc1cccc(C(F)(F)F)c1)c1cnc2n(c1=O)CCS2. The maximum absolute atomic E-state index is 12.6. The summed E-state index contributed by atoms with van der Waals surface area (Å²) in [5.74, 6) is 5.24. The summed E-state index contributed by atoms with van der Waals surface area (Å²) < 4.78 is 39.4. The average molecular weight is 379 g/mol. The number of hydrogen-bond donors (Lipinski definition) is 1. The van der Waals surface area contributed by atoms with E-state index in [0.717, 1.165) is 17.9 Å². The van der Waals surface area contributed by atoms with Gasteiger partial charge >= 0.3 is 6.18 Å². The molecule has 5 nitrogen and oxygen atoms in total. The first-order valence-electron chi connectivity index (χ1n) is 7.53. The second kappa shape index (κ2) is 7.25. The third-order valence-electron chi connectivity index (χ3n) is 3.56. The van der Waals surface area contributed by atoms with Gasteiger partial charge in [-0.3, -0.25) is 14.2 Å². The number of hydrogen-bond acceptors (Lipinski definition) is 4. The van der Waals surface area contributed by atoms with E-state index < -0.39 is 23.2 Å². The lowest BCUT2D eigenvalue weighted by Crippen LogP contribution is -2.33. The van der Waals surface area contributed by atoms with Gasteiger partial charge in [0.15, 0.2) is 5.16 Å². The Morgan fingerprint density at radius 1 is 1.38 bits per heavy atom. The molecule has 1 aliphatic rings. The summed E-state index contributed by atoms with van der Waals surface area (Å²) in [6.45, 7) is 0.396. The Morgan fingerprint density at radius 2 is 2.19 bits per heavy atom. The third kappa shape index (κ3) is 3.91. The molecule has 1 aromatic carbocycles. The lowest BCUT2D eigenvalue weighted by atomic mass is 10.1. The largest absolute Gasteiger partial charge is 0.416 e. The standard InChI is InChI=1S/C17H12F3N3O2S/c18-17(19,20)12-5-1-3-11(9-12)4-2-6-21-14(24)13-10-22-16-23(15(13)25)7-8-26-16/h1,3,5,9-10H,6-8H2,(H,21,24). The van der Waals surface area contributed by atoms with E-state index in [1.54, 1.807) is 0 Å². The van der Waals surface area contributed by atoms with Gasteiger partial charge in [0.25, 0.3) is 11.5 Å². The number of carbonyl (C=O) groups excluding carboxylic acids is 1. The van der Waals surface area contributed by atoms with Crippen LogP contribution in [0.4, 0.5) is 13.2 Å². The van der Waals surface area contributed by atoms with Crippen molar-refractivity contribution in [2.24, 2.45) is 0 Å². The Hall–Kier alpha value is -2.73. The number of fused-ring (bicyclic) bond motifs is 1. The second-order valence-corrected chi connectivity index (χ2v) is 6.38. The van der Waals surface area contributed by atoms with E-state index in [9.17, 15) is 22.8 Å². The summed E-state index contributed by atoms with van der Waals surface area (Å²) in [6.07, 6.45) is -3.21. The average Bonchev–Trinajstić information content (AvgIpc) is 3.08. The van der Waals surface area contributed by atoms with E-state index in [-0.39, 0.29) is 17.7 Å². The minimum atomic E-state index is -4.44. The number of nitrogens with one attached hydrogen (secondary N) is 1. The Bertz CT molecular complexity index is 974. The smallest absolute Gasteiger partial charge is 0.341 e. The summed E-state index contributed by atoms with van der Waals surface area (Å²) in [4.78, 5) is 28.3. The van der Waals surface area contributed by atoms with Crippen molar-refractivity contribution in [1.29, 1.82) is 0 Å². The highest BCUT2D eigenvalue weighted by Gasteiger charge is 2.30. The predicted molar refractivity (Wildman–Crippen MR) is 89.9 cm³/mol. The van der Waals surface area contributed by atoms with Gasteiger partial charge in [-0.25, -0.2) is 4.98 Å². The fraction of sp³-hybridized carbons (Fsp3) is 0.235. The van der Waals surface area contributed by atoms with Crippen LogP contribution in [-0.2, 0) is 12.7 Å². The molecule has 2 aromatic rings. The molecular formula is C17H12F3N3O2S. The van der Waals surface area contributed by atoms with E-state index in [4.69, 9.17) is 0 Å². The normalized spacial score (nSPS) is 12.9. The van der Waals surface area contributed by atoms with Gasteiger partial charge in [0.05, 0.1) is 12.1 Å². The monoisotopic (exact) mass is 379 g/mol. The van der Waals surface area contributed by atoms with Gasteiger partial charge in [0.2, 0.25) is 0 Å². The zero-order valence-corrected chi connectivity index (χ0v) is 14.1. The van der Waals surface area contributed by atoms with Crippen LogP contribution in [0.5, 0.6) is 0 Å². The quantitative estimate of drug-likeness (QED) is 0.642. The van der Waals surface area contributed by atoms with Crippen LogP contribution in [0.15, 0.2) is 40.4 Å². The Labute approximate surface area is 150 Å². The van der Waals surface area contributed by atoms with Crippen molar-refractivity contribution < 1.29 is 18.0 Å². The molecule has 0 saturated carbocycles. The molecule has 0 radical (unpaired) electrons. The third-order valence-corrected chi connectivity index (χ3v) is 4.53. The fourth-order valence-electron chi connectivity index (χ4n) is 2.31. The van der Waals surface area contributed by atoms with Gasteiger partial charge in [-0.2, -0.15) is 13.2 Å². The lowest BCUT2D eigenvalue weighted by Gasteiger charge is -2.06. The number of carbonyl (C=O) groups is 1. The molecule has 26 heavy (non-hydrogen) atoms. The van der Waals surface area contributed by atoms with E-state index in [1.165, 1.54) is 34.7 Å². The van der Waals surface area contributed by atoms with Crippen molar-refractivity contribution >= 4 is 17.7 Å². The molecule has 0 unspecified atom stereocenters. The van der Waals surface area contributed by atoms with Gasteiger partial charge in [-0.15, -0.1) is 0 Å². The van der Waals surface area contributed by atoms with Crippen LogP contribution >= 0.6 is 11.8 Å². The molecule has 9 heteroatoms. The van der Waals surface area contributed by atoms with Gasteiger partial charge < -0.3 is 5.32 Å². The predicted octanol–water partition coefficient (Wildman–Crippen LogP) is 2.15. The topological polar surface area (TPSA) is 64.0 Å². The molecule has 134 valence electrons. The second-order valence-electron chi connectivity index (χ2n) is 5.32. The first-order valence-corrected chi connectivity index (χ1v) is 8.52. The molecule has 2 heterocycles. The van der Waals surface area contributed by atoms with Crippen molar-refractivity contribution in [3.8, 4) is 11.8 Å². The van der Waals surface area contributed by atoms with Crippen LogP contribution in [0.3, 0.4) is 0 Å². The maximum atomic E-state index is 12.6. The number of nitrogens with zero attached hydrogens (tertiary/aromatic N) is 2. The van der Waals surface area contributed by atoms with E-state index >= 15 is 0 Å². The van der Waals surface area contributed by atoms with Crippen LogP contribution in [0.1, 0.15) is 21.5 Å². The lowest BCUT2D eigenvalue weighted by molar-refractivity contribution is -0.137. The van der Waals surface area contributed by atoms with Gasteiger partial charge in [-0.05, 0) is 18.2 Å². The number of thioether (sulfide) groups is 1. The summed E-state index contributed by atoms with van der Waals surface area (Å²) in [5.41, 5.74) is -1.10. The van der Waals surface area contributed by atoms with Gasteiger partial charge in [0, 0.05) is 24.1 Å². The van der Waals surface area contributed by atoms with Crippen LogP contribution in [0.2, 0.25) is 0 Å². The van der Waals surface area contributed by atoms with Crippen molar-refractivity contribution in [2.45, 2.75) is 17.9 Å². The Balaban J connectivity index is 1.66. The summed E-state index contributed by atoms with van der Waals surface area (Å²) in [6, 6.07) is 4.60. The Kier molecular flexibility index (Phi) is 5.04. The summed E-state index contributed by atoms with van der Waals surface area (Å²) >= 11 is 1.44. The van der Waals surface area contributed by atoms with Crippen LogP contribution in [0.25, 0.3) is 0 Å². The molecule has 0 spiro atoms. The highest BCUT2D eigenvalue weighted by atomic mass is 32.2. The molecule has 0 fully saturated rings. The zero-order chi connectivity index (χ0) is 18.7. The van der Waals surface area contributed by atoms with Crippen molar-refractivity contribution in [3.05, 3.63) is 57.5 Å². The molecule has 0 saturated heterocycles. The molecular weight excluding hydrogens is 367 g/mol. The number of amides is 1. The first kappa shape index (κ1) is 18.1. The zero-order valence-electron chi connectivity index (χ0n) is 13.3. The number of alkyl halides is 3. The highest BCUT2D eigenvalue weighted by Crippen LogP contribution is 2.29. The molecule has 1 aliphatic heterocycles. The van der Waals surface area contributed by atoms with Crippen molar-refractivity contribution in [1.82, 2.24) is 14.9 Å². The summed E-state index contributed by atoms with van der Waals surface area (Å²) in [7, 11) is 0. The van der Waals surface area contributed by atoms with Gasteiger partial charge in [-0.1, -0.05) is 29.7 Å². The minimum Gasteiger partial charge on any atom is -0.341 e. The number of aromatic nitrogens is 2. The molecule has 0 aliphatic carbocycles. The summed E-state index contributed by atoms with van der Waals surface area (Å²) in [5, 5.41) is 3.03. The van der Waals surface area contributed by atoms with Crippen molar-refractivity contribution in [3.63, 3.8) is 0 Å².